The third-order valence-corrected chi connectivity index (χ3v) is 7.43. The molecule has 0 aliphatic heterocycles. The predicted octanol–water partition coefficient (Wildman–Crippen LogP) is -8.73. The minimum absolute atomic E-state index is 0. The number of hydrogen-bond acceptors (Lipinski definition) is 12. The number of hydrogen-bond donors (Lipinski definition) is 0. The summed E-state index contributed by atoms with van der Waals surface area (Å²) in [6, 6.07) is 3.36. The first-order chi connectivity index (χ1) is 14.6. The molecule has 0 atom stereocenters. The Morgan fingerprint density at radius 3 is 1.66 bits per heavy atom. The summed E-state index contributed by atoms with van der Waals surface area (Å²) in [6.07, 6.45) is 0. The van der Waals surface area contributed by atoms with Gasteiger partial charge in [-0.1, -0.05) is 0 Å². The van der Waals surface area contributed by atoms with Crippen LogP contribution in [0.25, 0.3) is 0 Å². The monoisotopic (exact) mass is 650 g/mol. The molecule has 20 heteroatoms. The zero-order valence-electron chi connectivity index (χ0n) is 18.4. The van der Waals surface area contributed by atoms with Crippen LogP contribution in [0.3, 0.4) is 0 Å². The maximum Gasteiger partial charge on any atom is 1.00 e. The molecule has 0 unspecified atom stereocenters. The molecule has 0 radical (unpaired) electrons. The van der Waals surface area contributed by atoms with E-state index in [1.807, 2.05) is 0 Å². The molecule has 35 heavy (non-hydrogen) atoms. The zero-order chi connectivity index (χ0) is 24.3. The van der Waals surface area contributed by atoms with Crippen LogP contribution in [-0.4, -0.2) is 34.4 Å². The first-order valence-electron chi connectivity index (χ1n) is 7.94. The van der Waals surface area contributed by atoms with Gasteiger partial charge in [-0.25, -0.2) is 34.0 Å². The molecule has 178 valence electrons. The second-order valence-corrected chi connectivity index (χ2v) is 11.5. The molecule has 0 fully saturated rings. The van der Waals surface area contributed by atoms with Crippen molar-refractivity contribution in [3.05, 3.63) is 58.7 Å². The number of benzene rings is 2. The molecule has 0 aromatic heterocycles. The standard InChI is InChI=1S/C15H14F2O11S4.3K/c16-14-2-1-12(3-9(14)6-29-28-27-18)32(25,26)13-4-10(7-30(19,20)21)15(17)11(5-13)8-31(22,23)24;;;/h1-5,18H,6-8H2,(H,19,20,21)(H,22,23,24);;;/q;3*+1/p-3. The average Bonchev–Trinajstić information content (AvgIpc) is 2.64. The fourth-order valence-electron chi connectivity index (χ4n) is 2.54. The molecule has 2 aromatic rings. The van der Waals surface area contributed by atoms with Crippen molar-refractivity contribution >= 4 is 42.1 Å². The Hall–Kier alpha value is 3.21. The smallest absolute Gasteiger partial charge is 0.748 e. The molecule has 0 heterocycles. The zero-order valence-corrected chi connectivity index (χ0v) is 31.0. The summed E-state index contributed by atoms with van der Waals surface area (Å²) in [5.41, 5.74) is -2.21. The van der Waals surface area contributed by atoms with Crippen LogP contribution >= 0.6 is 12.0 Å². The first-order valence-corrected chi connectivity index (χ1v) is 13.5. The molecule has 0 N–H and O–H groups in total. The van der Waals surface area contributed by atoms with Crippen LogP contribution in [0.1, 0.15) is 16.7 Å². The van der Waals surface area contributed by atoms with Gasteiger partial charge in [0.2, 0.25) is 9.84 Å². The third-order valence-electron chi connectivity index (χ3n) is 3.79. The van der Waals surface area contributed by atoms with E-state index in [0.29, 0.717) is 24.2 Å². The van der Waals surface area contributed by atoms with Gasteiger partial charge < -0.3 is 14.4 Å². The van der Waals surface area contributed by atoms with Gasteiger partial charge >= 0.3 is 154 Å². The maximum atomic E-state index is 14.5. The van der Waals surface area contributed by atoms with Gasteiger partial charge in [-0.15, -0.1) is 0 Å². The third kappa shape index (κ3) is 13.2. The molecule has 0 spiro atoms. The summed E-state index contributed by atoms with van der Waals surface area (Å²) < 4.78 is 125. The van der Waals surface area contributed by atoms with Crippen molar-refractivity contribution in [3.8, 4) is 0 Å². The molecule has 0 saturated carbocycles. The minimum Gasteiger partial charge on any atom is -0.748 e. The largest absolute Gasteiger partial charge is 1.00 e. The van der Waals surface area contributed by atoms with Gasteiger partial charge in [0.15, 0.2) is 0 Å². The second kappa shape index (κ2) is 17.2. The molecular weight excluding hydrogens is 640 g/mol. The van der Waals surface area contributed by atoms with Crippen molar-refractivity contribution in [2.24, 2.45) is 0 Å². The molecule has 2 rings (SSSR count). The minimum atomic E-state index is -5.13. The fraction of sp³-hybridized carbons (Fsp3) is 0.200. The number of rotatable bonds is 10. The summed E-state index contributed by atoms with van der Waals surface area (Å²) >= 11 is 0.333. The summed E-state index contributed by atoms with van der Waals surface area (Å²) in [4.78, 5) is -1.43. The van der Waals surface area contributed by atoms with Gasteiger partial charge in [-0.05, 0) is 30.3 Å². The maximum absolute atomic E-state index is 14.5. The van der Waals surface area contributed by atoms with E-state index in [4.69, 9.17) is 0 Å². The van der Waals surface area contributed by atoms with Crippen molar-refractivity contribution in [1.29, 1.82) is 0 Å². The predicted molar refractivity (Wildman–Crippen MR) is 98.5 cm³/mol. The van der Waals surface area contributed by atoms with Gasteiger partial charge in [0.1, 0.15) is 11.6 Å². The Kier molecular flexibility index (Phi) is 19.9. The van der Waals surface area contributed by atoms with E-state index in [0.717, 1.165) is 18.2 Å². The van der Waals surface area contributed by atoms with Crippen LogP contribution in [0.2, 0.25) is 0 Å². The van der Waals surface area contributed by atoms with E-state index in [1.54, 1.807) is 0 Å². The van der Waals surface area contributed by atoms with Crippen LogP contribution in [-0.2, 0) is 56.7 Å². The topological polar surface area (TPSA) is 190 Å². The molecule has 2 aromatic carbocycles. The van der Waals surface area contributed by atoms with E-state index < -0.39 is 74.1 Å². The molecule has 0 bridgehead atoms. The van der Waals surface area contributed by atoms with E-state index in [9.17, 15) is 48.4 Å². The van der Waals surface area contributed by atoms with Crippen molar-refractivity contribution in [1.82, 2.24) is 0 Å². The summed E-state index contributed by atoms with van der Waals surface area (Å²) in [5.74, 6) is -5.85. The van der Waals surface area contributed by atoms with Gasteiger partial charge in [-0.2, -0.15) is 4.33 Å². The van der Waals surface area contributed by atoms with E-state index in [2.05, 4.69) is 9.37 Å². The van der Waals surface area contributed by atoms with Crippen LogP contribution in [0.4, 0.5) is 8.78 Å². The van der Waals surface area contributed by atoms with Crippen molar-refractivity contribution in [2.45, 2.75) is 27.0 Å². The Balaban J connectivity index is 0. The number of halogens is 2. The summed E-state index contributed by atoms with van der Waals surface area (Å²) in [5, 5.41) is 12.9. The van der Waals surface area contributed by atoms with Gasteiger partial charge in [0.25, 0.3) is 0 Å². The Bertz CT molecular complexity index is 1280. The van der Waals surface area contributed by atoms with Crippen molar-refractivity contribution in [2.75, 3.05) is 0 Å². The van der Waals surface area contributed by atoms with Crippen molar-refractivity contribution in [3.63, 3.8) is 0 Å². The van der Waals surface area contributed by atoms with Crippen LogP contribution < -0.4 is 159 Å². The summed E-state index contributed by atoms with van der Waals surface area (Å²) in [6.45, 7) is 0. The molecule has 0 aliphatic carbocycles. The van der Waals surface area contributed by atoms with Crippen LogP contribution in [0.5, 0.6) is 0 Å². The molecule has 0 saturated heterocycles. The Morgan fingerprint density at radius 2 is 1.23 bits per heavy atom. The van der Waals surface area contributed by atoms with Crippen LogP contribution in [0, 0.1) is 11.6 Å². The molecule has 0 amide bonds. The van der Waals surface area contributed by atoms with Gasteiger partial charge in [-0.3, -0.25) is 5.04 Å². The quantitative estimate of drug-likeness (QED) is 0.0450. The first kappa shape index (κ1) is 40.3. The summed E-state index contributed by atoms with van der Waals surface area (Å²) in [7, 11) is -14.9. The van der Waals surface area contributed by atoms with E-state index in [1.165, 1.54) is 0 Å². The SMILES string of the molecule is O=S(=O)([O-])Cc1cc(S(=O)(=O)c2ccc(F)c(CSOO[O-])c2)cc(CS(=O)(=O)[O-])c1F.[K+].[K+].[K+]. The number of sulfone groups is 1. The van der Waals surface area contributed by atoms with E-state index in [-0.39, 0.29) is 165 Å². The van der Waals surface area contributed by atoms with Gasteiger partial charge in [0.05, 0.1) is 47.3 Å². The Morgan fingerprint density at radius 1 is 0.771 bits per heavy atom. The molecule has 0 aliphatic rings. The van der Waals surface area contributed by atoms with Crippen molar-refractivity contribution < 1.29 is 212 Å². The van der Waals surface area contributed by atoms with E-state index >= 15 is 0 Å². The Labute approximate surface area is 332 Å². The van der Waals surface area contributed by atoms with Gasteiger partial charge in [0, 0.05) is 28.7 Å². The molecule has 11 nitrogen and oxygen atoms in total. The van der Waals surface area contributed by atoms with Crippen LogP contribution in [0.15, 0.2) is 40.1 Å². The fourth-order valence-corrected chi connectivity index (χ4v) is 5.57. The average molecular weight is 651 g/mol. The second-order valence-electron chi connectivity index (χ2n) is 6.11. The normalized spacial score (nSPS) is 11.7. The molecular formula is C15H11F2K3O11S4.